The van der Waals surface area contributed by atoms with E-state index in [0.29, 0.717) is 30.7 Å². The van der Waals surface area contributed by atoms with Crippen LogP contribution >= 0.6 is 11.6 Å². The van der Waals surface area contributed by atoms with Gasteiger partial charge in [0.2, 0.25) is 5.95 Å². The number of halogens is 1. The molecular weight excluding hydrogens is 232 g/mol. The van der Waals surface area contributed by atoms with E-state index in [1.165, 1.54) is 0 Å². The highest BCUT2D eigenvalue weighted by Gasteiger charge is 2.21. The monoisotopic (exact) mass is 244 g/mol. The van der Waals surface area contributed by atoms with Gasteiger partial charge >= 0.3 is 0 Å². The Kier molecular flexibility index (Phi) is 3.42. The molecule has 0 radical (unpaired) electrons. The van der Waals surface area contributed by atoms with Crippen molar-refractivity contribution >= 4 is 23.4 Å². The fourth-order valence-electron chi connectivity index (χ4n) is 1.62. The minimum Gasteiger partial charge on any atom is -0.394 e. The Bertz CT molecular complexity index is 356. The first-order chi connectivity index (χ1) is 7.69. The first kappa shape index (κ1) is 11.4. The maximum Gasteiger partial charge on any atom is 0.223 e. The van der Waals surface area contributed by atoms with E-state index in [9.17, 15) is 0 Å². The number of aliphatic hydroxyl groups excluding tert-OH is 1. The smallest absolute Gasteiger partial charge is 0.223 e. The lowest BCUT2D eigenvalue weighted by atomic mass is 10.3. The van der Waals surface area contributed by atoms with Gasteiger partial charge in [0.1, 0.15) is 11.0 Å². The zero-order valence-corrected chi connectivity index (χ0v) is 9.39. The number of anilines is 2. The molecule has 7 heteroatoms. The zero-order chi connectivity index (χ0) is 11.5. The fraction of sp³-hybridized carbons (Fsp3) is 0.556. The summed E-state index contributed by atoms with van der Waals surface area (Å²) in [5, 5.41) is 9.34. The van der Waals surface area contributed by atoms with Crippen LogP contribution in [0.4, 0.5) is 11.8 Å². The molecule has 0 spiro atoms. The summed E-state index contributed by atoms with van der Waals surface area (Å²) in [6.45, 7) is 1.81. The van der Waals surface area contributed by atoms with E-state index in [2.05, 4.69) is 9.97 Å². The van der Waals surface area contributed by atoms with E-state index in [1.54, 1.807) is 6.07 Å². The highest BCUT2D eigenvalue weighted by atomic mass is 35.5. The average Bonchev–Trinajstić information content (AvgIpc) is 2.28. The van der Waals surface area contributed by atoms with Crippen molar-refractivity contribution in [1.82, 2.24) is 9.97 Å². The summed E-state index contributed by atoms with van der Waals surface area (Å²) in [7, 11) is 0. The SMILES string of the molecule is Nc1nc(Cl)cc(N2CCOC(CO)C2)n1. The van der Waals surface area contributed by atoms with Gasteiger partial charge in [0.15, 0.2) is 0 Å². The molecule has 1 unspecified atom stereocenters. The lowest BCUT2D eigenvalue weighted by Gasteiger charge is -2.32. The van der Waals surface area contributed by atoms with Gasteiger partial charge in [-0.2, -0.15) is 4.98 Å². The number of hydrogen-bond donors (Lipinski definition) is 2. The van der Waals surface area contributed by atoms with E-state index in [0.717, 1.165) is 0 Å². The third-order valence-corrected chi connectivity index (χ3v) is 2.56. The van der Waals surface area contributed by atoms with Crippen molar-refractivity contribution in [2.45, 2.75) is 6.10 Å². The van der Waals surface area contributed by atoms with Gasteiger partial charge in [0, 0.05) is 19.2 Å². The van der Waals surface area contributed by atoms with Crippen molar-refractivity contribution in [3.05, 3.63) is 11.2 Å². The number of ether oxygens (including phenoxy) is 1. The van der Waals surface area contributed by atoms with E-state index in [-0.39, 0.29) is 18.7 Å². The van der Waals surface area contributed by atoms with Gasteiger partial charge in [-0.1, -0.05) is 11.6 Å². The van der Waals surface area contributed by atoms with Crippen molar-refractivity contribution in [3.8, 4) is 0 Å². The molecule has 1 aromatic heterocycles. The fourth-order valence-corrected chi connectivity index (χ4v) is 1.81. The predicted molar refractivity (Wildman–Crippen MR) is 60.5 cm³/mol. The molecular formula is C9H13ClN4O2. The van der Waals surface area contributed by atoms with Crippen LogP contribution < -0.4 is 10.6 Å². The summed E-state index contributed by atoms with van der Waals surface area (Å²) < 4.78 is 5.34. The van der Waals surface area contributed by atoms with Crippen molar-refractivity contribution in [2.24, 2.45) is 0 Å². The van der Waals surface area contributed by atoms with Crippen LogP contribution in [-0.2, 0) is 4.74 Å². The zero-order valence-electron chi connectivity index (χ0n) is 8.64. The molecule has 1 saturated heterocycles. The Labute approximate surface area is 98.0 Å². The van der Waals surface area contributed by atoms with Gasteiger partial charge in [0.25, 0.3) is 0 Å². The Morgan fingerprint density at radius 2 is 2.44 bits per heavy atom. The highest BCUT2D eigenvalue weighted by molar-refractivity contribution is 6.29. The molecule has 1 aliphatic heterocycles. The van der Waals surface area contributed by atoms with E-state index in [1.807, 2.05) is 4.90 Å². The van der Waals surface area contributed by atoms with Crippen LogP contribution in [-0.4, -0.2) is 47.5 Å². The maximum absolute atomic E-state index is 9.03. The van der Waals surface area contributed by atoms with Crippen molar-refractivity contribution < 1.29 is 9.84 Å². The van der Waals surface area contributed by atoms with Gasteiger partial charge < -0.3 is 20.5 Å². The summed E-state index contributed by atoms with van der Waals surface area (Å²) in [6.07, 6.45) is -0.191. The van der Waals surface area contributed by atoms with Crippen molar-refractivity contribution in [1.29, 1.82) is 0 Å². The van der Waals surface area contributed by atoms with E-state index < -0.39 is 0 Å². The van der Waals surface area contributed by atoms with Crippen molar-refractivity contribution in [3.63, 3.8) is 0 Å². The van der Waals surface area contributed by atoms with Crippen LogP contribution in [0.2, 0.25) is 5.15 Å². The number of aliphatic hydroxyl groups is 1. The first-order valence-corrected chi connectivity index (χ1v) is 5.34. The summed E-state index contributed by atoms with van der Waals surface area (Å²) in [6, 6.07) is 1.65. The maximum atomic E-state index is 9.03. The summed E-state index contributed by atoms with van der Waals surface area (Å²) >= 11 is 5.80. The normalized spacial score (nSPS) is 21.1. The standard InChI is InChI=1S/C9H13ClN4O2/c10-7-3-8(13-9(11)12-7)14-1-2-16-6(4-14)5-15/h3,6,15H,1-2,4-5H2,(H2,11,12,13). The van der Waals surface area contributed by atoms with Crippen LogP contribution in [0.1, 0.15) is 0 Å². The predicted octanol–water partition coefficient (Wildman–Crippen LogP) is -0.0903. The van der Waals surface area contributed by atoms with Crippen molar-refractivity contribution in [2.75, 3.05) is 36.9 Å². The number of nitrogen functional groups attached to an aromatic ring is 1. The molecule has 0 saturated carbocycles. The molecule has 1 aromatic rings. The molecule has 0 aromatic carbocycles. The second kappa shape index (κ2) is 4.82. The molecule has 2 heterocycles. The van der Waals surface area contributed by atoms with Crippen LogP contribution in [0, 0.1) is 0 Å². The Morgan fingerprint density at radius 3 is 3.12 bits per heavy atom. The molecule has 3 N–H and O–H groups in total. The van der Waals surface area contributed by atoms with Crippen LogP contribution in [0.15, 0.2) is 6.07 Å². The van der Waals surface area contributed by atoms with Gasteiger partial charge in [-0.05, 0) is 0 Å². The van der Waals surface area contributed by atoms with Gasteiger partial charge in [-0.3, -0.25) is 0 Å². The number of hydrogen-bond acceptors (Lipinski definition) is 6. The molecule has 1 aliphatic rings. The molecule has 0 amide bonds. The number of aromatic nitrogens is 2. The summed E-state index contributed by atoms with van der Waals surface area (Å²) in [5.41, 5.74) is 5.52. The minimum absolute atomic E-state index is 0.00913. The van der Waals surface area contributed by atoms with Gasteiger partial charge in [0.05, 0.1) is 19.3 Å². The molecule has 1 fully saturated rings. The Hall–Kier alpha value is -1.11. The quantitative estimate of drug-likeness (QED) is 0.708. The number of nitrogens with zero attached hydrogens (tertiary/aromatic N) is 3. The Morgan fingerprint density at radius 1 is 1.62 bits per heavy atom. The lowest BCUT2D eigenvalue weighted by Crippen LogP contribution is -2.44. The first-order valence-electron chi connectivity index (χ1n) is 4.96. The van der Waals surface area contributed by atoms with E-state index in [4.69, 9.17) is 27.2 Å². The molecule has 6 nitrogen and oxygen atoms in total. The van der Waals surface area contributed by atoms with Crippen LogP contribution in [0.3, 0.4) is 0 Å². The molecule has 16 heavy (non-hydrogen) atoms. The van der Waals surface area contributed by atoms with Crippen LogP contribution in [0.25, 0.3) is 0 Å². The second-order valence-corrected chi connectivity index (χ2v) is 3.92. The third-order valence-electron chi connectivity index (χ3n) is 2.37. The largest absolute Gasteiger partial charge is 0.394 e. The summed E-state index contributed by atoms with van der Waals surface area (Å²) in [4.78, 5) is 9.86. The van der Waals surface area contributed by atoms with Gasteiger partial charge in [-0.15, -0.1) is 0 Å². The lowest BCUT2D eigenvalue weighted by molar-refractivity contribution is 0.00336. The molecule has 0 bridgehead atoms. The molecule has 88 valence electrons. The Balaban J connectivity index is 2.16. The number of rotatable bonds is 2. The summed E-state index contributed by atoms with van der Waals surface area (Å²) in [5.74, 6) is 0.814. The minimum atomic E-state index is -0.191. The number of nitrogens with two attached hydrogens (primary N) is 1. The molecule has 1 atom stereocenters. The molecule has 0 aliphatic carbocycles. The van der Waals surface area contributed by atoms with E-state index >= 15 is 0 Å². The van der Waals surface area contributed by atoms with Gasteiger partial charge in [-0.25, -0.2) is 4.98 Å². The average molecular weight is 245 g/mol. The molecule has 2 rings (SSSR count). The number of morpholine rings is 1. The third kappa shape index (κ3) is 2.52. The second-order valence-electron chi connectivity index (χ2n) is 3.53. The van der Waals surface area contributed by atoms with Crippen LogP contribution in [0.5, 0.6) is 0 Å². The topological polar surface area (TPSA) is 84.5 Å². The highest BCUT2D eigenvalue weighted by Crippen LogP contribution is 2.19.